The molecule has 4 rings (SSSR count). The van der Waals surface area contributed by atoms with E-state index < -0.39 is 39.1 Å². The van der Waals surface area contributed by atoms with Crippen LogP contribution in [0.4, 0.5) is 13.2 Å². The number of nitrogens with one attached hydrogen (secondary N) is 1. The first-order valence-corrected chi connectivity index (χ1v) is 16.0. The smallest absolute Gasteiger partial charge is 0.420 e. The molecule has 0 spiro atoms. The van der Waals surface area contributed by atoms with Crippen LogP contribution in [0.25, 0.3) is 11.1 Å². The van der Waals surface area contributed by atoms with Gasteiger partial charge in [0.25, 0.3) is 0 Å². The minimum atomic E-state index is -4.62. The molecular formula is C28H34F3N3O4S2. The normalized spacial score (nSPS) is 20.4. The number of carbonyl (C=O) groups excluding carboxylic acids is 1. The quantitative estimate of drug-likeness (QED) is 0.322. The lowest BCUT2D eigenvalue weighted by atomic mass is 9.81. The number of hydrogen-bond acceptors (Lipinski definition) is 7. The average molecular weight is 598 g/mol. The maximum absolute atomic E-state index is 13.4. The van der Waals surface area contributed by atoms with Gasteiger partial charge in [0.05, 0.1) is 10.6 Å². The second kappa shape index (κ2) is 12.1. The summed E-state index contributed by atoms with van der Waals surface area (Å²) >= 11 is 1.52. The number of alkyl halides is 3. The van der Waals surface area contributed by atoms with Crippen LogP contribution in [0, 0.1) is 5.92 Å². The third-order valence-corrected chi connectivity index (χ3v) is 10.2. The molecule has 3 aromatic rings. The van der Waals surface area contributed by atoms with Crippen LogP contribution in [0.1, 0.15) is 44.6 Å². The second-order valence-electron chi connectivity index (χ2n) is 10.6. The van der Waals surface area contributed by atoms with Crippen molar-refractivity contribution in [2.45, 2.75) is 73.6 Å². The van der Waals surface area contributed by atoms with Crippen molar-refractivity contribution < 1.29 is 30.8 Å². The van der Waals surface area contributed by atoms with Crippen LogP contribution < -0.4 is 5.32 Å². The monoisotopic (exact) mass is 597 g/mol. The number of hydrogen-bond donors (Lipinski definition) is 1. The summed E-state index contributed by atoms with van der Waals surface area (Å²) in [7, 11) is -1.62. The van der Waals surface area contributed by atoms with Gasteiger partial charge >= 0.3 is 6.18 Å². The van der Waals surface area contributed by atoms with Crippen LogP contribution in [-0.2, 0) is 27.2 Å². The van der Waals surface area contributed by atoms with Gasteiger partial charge in [-0.15, -0.1) is 11.8 Å². The summed E-state index contributed by atoms with van der Waals surface area (Å²) in [5.74, 6) is -1.09. The molecule has 0 radical (unpaired) electrons. The van der Waals surface area contributed by atoms with Crippen LogP contribution in [0.15, 0.2) is 56.7 Å². The Morgan fingerprint density at radius 1 is 1.18 bits per heavy atom. The number of halogens is 3. The number of thioether (sulfide) groups is 1. The van der Waals surface area contributed by atoms with Crippen LogP contribution >= 0.6 is 11.8 Å². The SMILES string of the molecule is CSc1ccc(S(=O)(=O)C[C@H]2C[C@@H](N(C)C(C)C)CC[C@@H]2NC(=O)Cc2nc3cccc(C(F)(F)F)c3o2)cc1. The number of carbonyl (C=O) groups is 1. The van der Waals surface area contributed by atoms with Crippen molar-refractivity contribution in [3.63, 3.8) is 0 Å². The highest BCUT2D eigenvalue weighted by Gasteiger charge is 2.37. The number of nitrogens with zero attached hydrogens (tertiary/aromatic N) is 2. The van der Waals surface area contributed by atoms with Crippen molar-refractivity contribution in [1.82, 2.24) is 15.2 Å². The number of rotatable bonds is 9. The van der Waals surface area contributed by atoms with Crippen LogP contribution in [0.3, 0.4) is 0 Å². The molecule has 0 saturated heterocycles. The van der Waals surface area contributed by atoms with Crippen molar-refractivity contribution in [1.29, 1.82) is 0 Å². The lowest BCUT2D eigenvalue weighted by molar-refractivity contribution is -0.136. The Morgan fingerprint density at radius 3 is 2.50 bits per heavy atom. The minimum absolute atomic E-state index is 0.0197. The zero-order chi connectivity index (χ0) is 29.2. The first kappa shape index (κ1) is 30.4. The van der Waals surface area contributed by atoms with Crippen LogP contribution in [-0.4, -0.2) is 61.4 Å². The zero-order valence-electron chi connectivity index (χ0n) is 22.9. The van der Waals surface area contributed by atoms with Crippen LogP contribution in [0.5, 0.6) is 0 Å². The molecule has 40 heavy (non-hydrogen) atoms. The van der Waals surface area contributed by atoms with E-state index in [0.29, 0.717) is 12.8 Å². The maximum atomic E-state index is 13.4. The van der Waals surface area contributed by atoms with E-state index in [-0.39, 0.29) is 46.5 Å². The molecule has 218 valence electrons. The van der Waals surface area contributed by atoms with Gasteiger partial charge in [-0.25, -0.2) is 13.4 Å². The summed E-state index contributed by atoms with van der Waals surface area (Å²) in [5, 5.41) is 2.94. The molecule has 0 aliphatic heterocycles. The molecule has 1 aromatic heterocycles. The lowest BCUT2D eigenvalue weighted by Gasteiger charge is -2.41. The number of benzene rings is 2. The van der Waals surface area contributed by atoms with Gasteiger partial charge in [-0.05, 0) is 88.7 Å². The van der Waals surface area contributed by atoms with Crippen molar-refractivity contribution in [3.05, 3.63) is 53.9 Å². The molecule has 1 aliphatic carbocycles. The van der Waals surface area contributed by atoms with E-state index in [1.54, 1.807) is 24.3 Å². The Bertz CT molecular complexity index is 1440. The van der Waals surface area contributed by atoms with Gasteiger partial charge in [-0.2, -0.15) is 13.2 Å². The van der Waals surface area contributed by atoms with E-state index in [1.165, 1.54) is 23.9 Å². The Kier molecular flexibility index (Phi) is 9.21. The van der Waals surface area contributed by atoms with Gasteiger partial charge < -0.3 is 14.6 Å². The zero-order valence-corrected chi connectivity index (χ0v) is 24.5. The Labute approximate surface area is 236 Å². The highest BCUT2D eigenvalue weighted by atomic mass is 32.2. The lowest BCUT2D eigenvalue weighted by Crippen LogP contribution is -2.51. The summed E-state index contributed by atoms with van der Waals surface area (Å²) in [5.41, 5.74) is -1.34. The van der Waals surface area contributed by atoms with E-state index in [0.717, 1.165) is 17.4 Å². The van der Waals surface area contributed by atoms with Crippen molar-refractivity contribution in [3.8, 4) is 0 Å². The van der Waals surface area contributed by atoms with E-state index in [1.807, 2.05) is 13.3 Å². The molecule has 7 nitrogen and oxygen atoms in total. The molecular weight excluding hydrogens is 563 g/mol. The summed E-state index contributed by atoms with van der Waals surface area (Å²) in [4.78, 5) is 20.5. The molecule has 1 heterocycles. The molecule has 1 N–H and O–H groups in total. The predicted molar refractivity (Wildman–Crippen MR) is 149 cm³/mol. The first-order chi connectivity index (χ1) is 18.8. The standard InChI is InChI=1S/C28H34F3N3O4S2/c1-17(2)34(3)19-8-13-23(18(14-19)16-40(36,37)21-11-9-20(39-4)10-12-21)32-25(35)15-26-33-24-7-5-6-22(27(24)38-26)28(29,30)31/h5-7,9-12,17-19,23H,8,13-16H2,1-4H3,(H,32,35)/t18-,19+,23+/m1/s1. The molecule has 1 amide bonds. The fourth-order valence-electron chi connectivity index (χ4n) is 5.26. The number of fused-ring (bicyclic) bond motifs is 1. The van der Waals surface area contributed by atoms with Gasteiger partial charge in [0.15, 0.2) is 15.4 Å². The van der Waals surface area contributed by atoms with E-state index in [9.17, 15) is 26.4 Å². The fourth-order valence-corrected chi connectivity index (χ4v) is 7.34. The third-order valence-electron chi connectivity index (χ3n) is 7.62. The van der Waals surface area contributed by atoms with E-state index in [4.69, 9.17) is 4.42 Å². The second-order valence-corrected chi connectivity index (χ2v) is 13.5. The van der Waals surface area contributed by atoms with Gasteiger partial charge in [-0.1, -0.05) is 6.07 Å². The van der Waals surface area contributed by atoms with Crippen molar-refractivity contribution >= 4 is 38.6 Å². The van der Waals surface area contributed by atoms with Crippen molar-refractivity contribution in [2.75, 3.05) is 19.1 Å². The third kappa shape index (κ3) is 7.01. The summed E-state index contributed by atoms with van der Waals surface area (Å²) < 4.78 is 72.2. The molecule has 2 aromatic carbocycles. The van der Waals surface area contributed by atoms with Crippen molar-refractivity contribution in [2.24, 2.45) is 5.92 Å². The average Bonchev–Trinajstić information content (AvgIpc) is 3.30. The van der Waals surface area contributed by atoms with Gasteiger partial charge in [0, 0.05) is 23.0 Å². The topological polar surface area (TPSA) is 92.5 Å². The Balaban J connectivity index is 1.52. The van der Waals surface area contributed by atoms with E-state index in [2.05, 4.69) is 29.0 Å². The van der Waals surface area contributed by atoms with Gasteiger partial charge in [-0.3, -0.25) is 4.79 Å². The minimum Gasteiger partial charge on any atom is -0.439 e. The molecule has 0 unspecified atom stereocenters. The number of amides is 1. The molecule has 0 bridgehead atoms. The number of aromatic nitrogens is 1. The highest BCUT2D eigenvalue weighted by molar-refractivity contribution is 7.98. The molecule has 3 atom stereocenters. The van der Waals surface area contributed by atoms with Gasteiger partial charge in [0.1, 0.15) is 17.5 Å². The maximum Gasteiger partial charge on any atom is 0.420 e. The molecule has 12 heteroatoms. The van der Waals surface area contributed by atoms with E-state index >= 15 is 0 Å². The molecule has 1 saturated carbocycles. The Morgan fingerprint density at radius 2 is 1.88 bits per heavy atom. The van der Waals surface area contributed by atoms with Crippen LogP contribution in [0.2, 0.25) is 0 Å². The number of sulfone groups is 1. The molecule has 1 fully saturated rings. The summed E-state index contributed by atoms with van der Waals surface area (Å²) in [6.45, 7) is 4.16. The molecule has 1 aliphatic rings. The summed E-state index contributed by atoms with van der Waals surface area (Å²) in [6, 6.07) is 10.3. The largest absolute Gasteiger partial charge is 0.439 e. The Hall–Kier alpha value is -2.57. The van der Waals surface area contributed by atoms with Gasteiger partial charge in [0.2, 0.25) is 11.8 Å². The first-order valence-electron chi connectivity index (χ1n) is 13.1. The number of oxazole rings is 1. The number of para-hydroxylation sites is 1. The summed E-state index contributed by atoms with van der Waals surface area (Å²) in [6.07, 6.45) is -1.12. The fraction of sp³-hybridized carbons (Fsp3) is 0.500. The highest BCUT2D eigenvalue weighted by Crippen LogP contribution is 2.35. The predicted octanol–water partition coefficient (Wildman–Crippen LogP) is 5.58.